The molecule has 2 aromatic carbocycles. The Bertz CT molecular complexity index is 597. The third-order valence-corrected chi connectivity index (χ3v) is 2.85. The second kappa shape index (κ2) is 5.36. The Hall–Kier alpha value is -1.94. The predicted octanol–water partition coefficient (Wildman–Crippen LogP) is 4.09. The highest BCUT2D eigenvalue weighted by Crippen LogP contribution is 2.27. The van der Waals surface area contributed by atoms with Gasteiger partial charge in [0.15, 0.2) is 11.6 Å². The molecule has 0 aromatic heterocycles. The second-order valence-electron chi connectivity index (χ2n) is 4.49. The van der Waals surface area contributed by atoms with Crippen LogP contribution in [0.1, 0.15) is 24.1 Å². The van der Waals surface area contributed by atoms with Crippen molar-refractivity contribution in [3.8, 4) is 11.5 Å². The number of rotatable bonds is 3. The van der Waals surface area contributed by atoms with Crippen molar-refractivity contribution < 1.29 is 13.5 Å². The average Bonchev–Trinajstić information content (AvgIpc) is 2.36. The molecule has 0 saturated carbocycles. The fraction of sp³-hybridized carbons (Fsp3) is 0.200. The SMILES string of the molecule is Cc1ccc(Oc2ccc(C(C)N)cc2F)cc1F. The molecule has 100 valence electrons. The van der Waals surface area contributed by atoms with Gasteiger partial charge in [0, 0.05) is 12.1 Å². The molecule has 0 aliphatic rings. The first-order valence-corrected chi connectivity index (χ1v) is 5.96. The fourth-order valence-corrected chi connectivity index (χ4v) is 1.65. The Morgan fingerprint density at radius 1 is 1.05 bits per heavy atom. The molecule has 0 radical (unpaired) electrons. The lowest BCUT2D eigenvalue weighted by Crippen LogP contribution is -2.05. The maximum Gasteiger partial charge on any atom is 0.166 e. The molecule has 0 amide bonds. The number of hydrogen-bond acceptors (Lipinski definition) is 2. The first-order valence-electron chi connectivity index (χ1n) is 5.96. The molecule has 0 heterocycles. The van der Waals surface area contributed by atoms with Crippen molar-refractivity contribution in [1.82, 2.24) is 0 Å². The third-order valence-electron chi connectivity index (χ3n) is 2.85. The maximum atomic E-state index is 13.8. The summed E-state index contributed by atoms with van der Waals surface area (Å²) in [5, 5.41) is 0. The third kappa shape index (κ3) is 3.09. The van der Waals surface area contributed by atoms with Crippen LogP contribution in [0.4, 0.5) is 8.78 Å². The number of hydrogen-bond donors (Lipinski definition) is 1. The minimum Gasteiger partial charge on any atom is -0.454 e. The highest BCUT2D eigenvalue weighted by Gasteiger charge is 2.09. The molecule has 0 aliphatic heterocycles. The Morgan fingerprint density at radius 2 is 1.79 bits per heavy atom. The molecular weight excluding hydrogens is 248 g/mol. The van der Waals surface area contributed by atoms with Gasteiger partial charge in [-0.2, -0.15) is 0 Å². The van der Waals surface area contributed by atoms with Crippen LogP contribution < -0.4 is 10.5 Å². The van der Waals surface area contributed by atoms with Crippen molar-refractivity contribution in [3.63, 3.8) is 0 Å². The van der Waals surface area contributed by atoms with Crippen LogP contribution in [-0.2, 0) is 0 Å². The van der Waals surface area contributed by atoms with Gasteiger partial charge in [-0.15, -0.1) is 0 Å². The van der Waals surface area contributed by atoms with Crippen LogP contribution in [0, 0.1) is 18.6 Å². The highest BCUT2D eigenvalue weighted by molar-refractivity contribution is 5.36. The molecule has 4 heteroatoms. The number of aryl methyl sites for hydroxylation is 1. The lowest BCUT2D eigenvalue weighted by molar-refractivity contribution is 0.437. The van der Waals surface area contributed by atoms with Gasteiger partial charge in [0.2, 0.25) is 0 Å². The van der Waals surface area contributed by atoms with Gasteiger partial charge in [0.05, 0.1) is 0 Å². The Labute approximate surface area is 110 Å². The van der Waals surface area contributed by atoms with Crippen LogP contribution in [0.3, 0.4) is 0 Å². The zero-order valence-electron chi connectivity index (χ0n) is 10.8. The summed E-state index contributed by atoms with van der Waals surface area (Å²) in [5.74, 6) is -0.593. The van der Waals surface area contributed by atoms with Gasteiger partial charge in [-0.1, -0.05) is 12.1 Å². The molecule has 1 unspecified atom stereocenters. The fourth-order valence-electron chi connectivity index (χ4n) is 1.65. The van der Waals surface area contributed by atoms with Crippen LogP contribution in [0.2, 0.25) is 0 Å². The molecule has 0 fully saturated rings. The lowest BCUT2D eigenvalue weighted by atomic mass is 10.1. The summed E-state index contributed by atoms with van der Waals surface area (Å²) in [4.78, 5) is 0. The average molecular weight is 263 g/mol. The standard InChI is InChI=1S/C15H15F2NO/c1-9-3-5-12(8-13(9)16)19-15-6-4-11(10(2)18)7-14(15)17/h3-8,10H,18H2,1-2H3. The van der Waals surface area contributed by atoms with Crippen LogP contribution >= 0.6 is 0 Å². The monoisotopic (exact) mass is 263 g/mol. The highest BCUT2D eigenvalue weighted by atomic mass is 19.1. The molecule has 0 saturated heterocycles. The van der Waals surface area contributed by atoms with E-state index in [-0.39, 0.29) is 23.4 Å². The molecule has 1 atom stereocenters. The summed E-state index contributed by atoms with van der Waals surface area (Å²) >= 11 is 0. The predicted molar refractivity (Wildman–Crippen MR) is 70.2 cm³/mol. The van der Waals surface area contributed by atoms with Crippen molar-refractivity contribution in [2.45, 2.75) is 19.9 Å². The lowest BCUT2D eigenvalue weighted by Gasteiger charge is -2.10. The smallest absolute Gasteiger partial charge is 0.166 e. The van der Waals surface area contributed by atoms with Crippen LogP contribution in [0.25, 0.3) is 0 Å². The summed E-state index contributed by atoms with van der Waals surface area (Å²) < 4.78 is 32.5. The van der Waals surface area contributed by atoms with Crippen molar-refractivity contribution in [2.24, 2.45) is 5.73 Å². The van der Waals surface area contributed by atoms with Crippen molar-refractivity contribution in [2.75, 3.05) is 0 Å². The van der Waals surface area contributed by atoms with Gasteiger partial charge in [0.1, 0.15) is 11.6 Å². The quantitative estimate of drug-likeness (QED) is 0.905. The van der Waals surface area contributed by atoms with E-state index in [1.54, 1.807) is 32.0 Å². The number of halogens is 2. The van der Waals surface area contributed by atoms with Crippen molar-refractivity contribution in [1.29, 1.82) is 0 Å². The zero-order valence-corrected chi connectivity index (χ0v) is 10.8. The van der Waals surface area contributed by atoms with E-state index in [0.717, 1.165) is 0 Å². The Balaban J connectivity index is 2.25. The molecule has 19 heavy (non-hydrogen) atoms. The molecule has 0 spiro atoms. The molecule has 0 bridgehead atoms. The van der Waals surface area contributed by atoms with Gasteiger partial charge >= 0.3 is 0 Å². The first-order chi connectivity index (χ1) is 8.97. The van der Waals surface area contributed by atoms with Crippen LogP contribution in [0.15, 0.2) is 36.4 Å². The topological polar surface area (TPSA) is 35.2 Å². The molecule has 2 rings (SSSR count). The van der Waals surface area contributed by atoms with E-state index >= 15 is 0 Å². The first kappa shape index (κ1) is 13.5. The minimum atomic E-state index is -0.518. The second-order valence-corrected chi connectivity index (χ2v) is 4.49. The van der Waals surface area contributed by atoms with Crippen LogP contribution in [0.5, 0.6) is 11.5 Å². The molecular formula is C15H15F2NO. The van der Waals surface area contributed by atoms with E-state index < -0.39 is 5.82 Å². The minimum absolute atomic E-state index is 0.0488. The summed E-state index contributed by atoms with van der Waals surface area (Å²) in [7, 11) is 0. The largest absolute Gasteiger partial charge is 0.454 e. The van der Waals surface area contributed by atoms with E-state index in [9.17, 15) is 8.78 Å². The summed E-state index contributed by atoms with van der Waals surface area (Å²) in [6, 6.07) is 8.66. The zero-order chi connectivity index (χ0) is 14.0. The van der Waals surface area contributed by atoms with E-state index in [1.807, 2.05) is 0 Å². The Morgan fingerprint density at radius 3 is 2.37 bits per heavy atom. The van der Waals surface area contributed by atoms with E-state index in [4.69, 9.17) is 10.5 Å². The molecule has 2 aromatic rings. The summed E-state index contributed by atoms with van der Waals surface area (Å²) in [6.07, 6.45) is 0. The van der Waals surface area contributed by atoms with E-state index in [1.165, 1.54) is 18.2 Å². The summed E-state index contributed by atoms with van der Waals surface area (Å²) in [6.45, 7) is 3.42. The van der Waals surface area contributed by atoms with Gasteiger partial charge in [-0.3, -0.25) is 0 Å². The van der Waals surface area contributed by atoms with Gasteiger partial charge in [-0.25, -0.2) is 8.78 Å². The van der Waals surface area contributed by atoms with Crippen LogP contribution in [-0.4, -0.2) is 0 Å². The molecule has 0 aliphatic carbocycles. The van der Waals surface area contributed by atoms with Gasteiger partial charge in [-0.05, 0) is 43.2 Å². The molecule has 2 N–H and O–H groups in total. The van der Waals surface area contributed by atoms with E-state index in [0.29, 0.717) is 11.1 Å². The Kier molecular flexibility index (Phi) is 3.81. The van der Waals surface area contributed by atoms with E-state index in [2.05, 4.69) is 0 Å². The van der Waals surface area contributed by atoms with Crippen molar-refractivity contribution >= 4 is 0 Å². The maximum absolute atomic E-state index is 13.8. The number of benzene rings is 2. The number of nitrogens with two attached hydrogens (primary N) is 1. The van der Waals surface area contributed by atoms with Gasteiger partial charge in [0.25, 0.3) is 0 Å². The van der Waals surface area contributed by atoms with Crippen molar-refractivity contribution in [3.05, 3.63) is 59.2 Å². The normalized spacial score (nSPS) is 12.3. The summed E-state index contributed by atoms with van der Waals surface area (Å²) in [5.41, 5.74) is 6.86. The molecule has 2 nitrogen and oxygen atoms in total. The number of ether oxygens (including phenoxy) is 1. The van der Waals surface area contributed by atoms with Gasteiger partial charge < -0.3 is 10.5 Å².